The normalized spacial score (nSPS) is 10.4. The largest absolute Gasteiger partial charge is 0.493 e. The summed E-state index contributed by atoms with van der Waals surface area (Å²) in [6.45, 7) is -0.0815. The van der Waals surface area contributed by atoms with Gasteiger partial charge in [-0.3, -0.25) is 4.79 Å². The monoisotopic (exact) mass is 326 g/mol. The van der Waals surface area contributed by atoms with Crippen LogP contribution < -0.4 is 20.9 Å². The number of rotatable bonds is 7. The summed E-state index contributed by atoms with van der Waals surface area (Å²) >= 11 is 0. The second-order valence-electron chi connectivity index (χ2n) is 4.76. The molecule has 24 heavy (non-hydrogen) atoms. The number of nitrogens with zero attached hydrogens (tertiary/aromatic N) is 2. The molecule has 7 nitrogen and oxygen atoms in total. The van der Waals surface area contributed by atoms with Crippen molar-refractivity contribution in [2.24, 2.45) is 21.7 Å². The number of carbonyl (C=O) groups excluding carboxylic acids is 1. The topological polar surface area (TPSA) is 112 Å². The van der Waals surface area contributed by atoms with E-state index in [1.165, 1.54) is 13.3 Å². The van der Waals surface area contributed by atoms with Crippen LogP contribution in [0.15, 0.2) is 58.7 Å². The molecule has 0 saturated carbocycles. The Hall–Kier alpha value is -3.35. The molecule has 0 heterocycles. The molecule has 0 aromatic heterocycles. The quantitative estimate of drug-likeness (QED) is 0.347. The van der Waals surface area contributed by atoms with Gasteiger partial charge in [-0.25, -0.2) is 0 Å². The number of methoxy groups -OCH3 is 1. The number of benzene rings is 2. The maximum Gasteiger partial charge on any atom is 0.211 e. The Bertz CT molecular complexity index is 754. The molecule has 0 spiro atoms. The van der Waals surface area contributed by atoms with Gasteiger partial charge in [0, 0.05) is 5.56 Å². The van der Waals surface area contributed by atoms with E-state index in [2.05, 4.69) is 10.2 Å². The molecule has 0 amide bonds. The molecular formula is C17H18N4O3. The number of hydrogen-bond donors (Lipinski definition) is 2. The molecule has 0 unspecified atom stereocenters. The Balaban J connectivity index is 2.06. The van der Waals surface area contributed by atoms with Crippen LogP contribution in [0.3, 0.4) is 0 Å². The van der Waals surface area contributed by atoms with Crippen LogP contribution in [0, 0.1) is 0 Å². The Morgan fingerprint density at radius 3 is 2.54 bits per heavy atom. The molecule has 0 atom stereocenters. The van der Waals surface area contributed by atoms with Gasteiger partial charge in [0.2, 0.25) is 5.96 Å². The van der Waals surface area contributed by atoms with Crippen molar-refractivity contribution < 1.29 is 14.3 Å². The van der Waals surface area contributed by atoms with Crippen molar-refractivity contribution in [1.82, 2.24) is 0 Å². The fourth-order valence-corrected chi connectivity index (χ4v) is 1.90. The average molecular weight is 326 g/mol. The van der Waals surface area contributed by atoms with Gasteiger partial charge in [0.15, 0.2) is 23.9 Å². The van der Waals surface area contributed by atoms with Crippen molar-refractivity contribution in [3.05, 3.63) is 59.7 Å². The van der Waals surface area contributed by atoms with Gasteiger partial charge in [-0.1, -0.05) is 30.3 Å². The lowest BCUT2D eigenvalue weighted by atomic mass is 10.1. The van der Waals surface area contributed by atoms with Crippen LogP contribution in [0.1, 0.15) is 15.9 Å². The summed E-state index contributed by atoms with van der Waals surface area (Å²) in [6, 6.07) is 14.1. The first kappa shape index (κ1) is 17.0. The first-order chi connectivity index (χ1) is 11.6. The number of hydrogen-bond acceptors (Lipinski definition) is 5. The highest BCUT2D eigenvalue weighted by atomic mass is 16.5. The highest BCUT2D eigenvalue weighted by Crippen LogP contribution is 2.27. The standard InChI is InChI=1S/C17H18N4O3/c1-23-16-9-12(10-20-21-17(18)19)7-8-15(16)24-11-14(22)13-5-3-2-4-6-13/h2-10H,11H2,1H3,(H4,18,19,21). The van der Waals surface area contributed by atoms with Gasteiger partial charge in [0.25, 0.3) is 0 Å². The number of ether oxygens (including phenoxy) is 2. The molecule has 7 heteroatoms. The summed E-state index contributed by atoms with van der Waals surface area (Å²) in [5, 5.41) is 7.24. The maximum atomic E-state index is 12.1. The van der Waals surface area contributed by atoms with E-state index in [0.29, 0.717) is 17.1 Å². The molecule has 0 saturated heterocycles. The number of carbonyl (C=O) groups is 1. The van der Waals surface area contributed by atoms with E-state index in [4.69, 9.17) is 20.9 Å². The van der Waals surface area contributed by atoms with Gasteiger partial charge in [0.05, 0.1) is 13.3 Å². The predicted octanol–water partition coefficient (Wildman–Crippen LogP) is 1.56. The van der Waals surface area contributed by atoms with Crippen LogP contribution in [0.5, 0.6) is 11.5 Å². The van der Waals surface area contributed by atoms with E-state index >= 15 is 0 Å². The van der Waals surface area contributed by atoms with Crippen molar-refractivity contribution in [2.45, 2.75) is 0 Å². The van der Waals surface area contributed by atoms with Crippen molar-refractivity contribution in [1.29, 1.82) is 0 Å². The summed E-state index contributed by atoms with van der Waals surface area (Å²) in [6.07, 6.45) is 1.47. The molecule has 0 radical (unpaired) electrons. The third kappa shape index (κ3) is 4.84. The minimum absolute atomic E-state index is 0.0815. The zero-order valence-corrected chi connectivity index (χ0v) is 13.2. The molecule has 0 aliphatic heterocycles. The molecule has 4 N–H and O–H groups in total. The zero-order chi connectivity index (χ0) is 17.4. The summed E-state index contributed by atoms with van der Waals surface area (Å²) in [4.78, 5) is 12.1. The van der Waals surface area contributed by atoms with Crippen LogP contribution >= 0.6 is 0 Å². The molecule has 0 aliphatic carbocycles. The van der Waals surface area contributed by atoms with Gasteiger partial charge in [-0.15, -0.1) is 5.10 Å². The molecular weight excluding hydrogens is 308 g/mol. The molecule has 0 bridgehead atoms. The summed E-state index contributed by atoms with van der Waals surface area (Å²) in [5.41, 5.74) is 11.7. The molecule has 0 fully saturated rings. The van der Waals surface area contributed by atoms with Crippen molar-refractivity contribution in [2.75, 3.05) is 13.7 Å². The third-order valence-electron chi connectivity index (χ3n) is 3.02. The molecule has 2 rings (SSSR count). The second-order valence-corrected chi connectivity index (χ2v) is 4.76. The summed E-state index contributed by atoms with van der Waals surface area (Å²) < 4.78 is 10.8. The van der Waals surface area contributed by atoms with Gasteiger partial charge in [-0.05, 0) is 23.8 Å². The molecule has 2 aromatic rings. The van der Waals surface area contributed by atoms with Gasteiger partial charge < -0.3 is 20.9 Å². The lowest BCUT2D eigenvalue weighted by Crippen LogP contribution is -2.21. The van der Waals surface area contributed by atoms with Gasteiger partial charge >= 0.3 is 0 Å². The summed E-state index contributed by atoms with van der Waals surface area (Å²) in [5.74, 6) is 0.693. The highest BCUT2D eigenvalue weighted by Gasteiger charge is 2.09. The van der Waals surface area contributed by atoms with Crippen LogP contribution in [-0.2, 0) is 0 Å². The van der Waals surface area contributed by atoms with E-state index in [0.717, 1.165) is 5.56 Å². The lowest BCUT2D eigenvalue weighted by Gasteiger charge is -2.10. The van der Waals surface area contributed by atoms with Crippen LogP contribution in [0.4, 0.5) is 0 Å². The SMILES string of the molecule is COc1cc(C=NN=C(N)N)ccc1OCC(=O)c1ccccc1. The smallest absolute Gasteiger partial charge is 0.211 e. The lowest BCUT2D eigenvalue weighted by molar-refractivity contribution is 0.0919. The van der Waals surface area contributed by atoms with Crippen molar-refractivity contribution >= 4 is 18.0 Å². The molecule has 0 aliphatic rings. The van der Waals surface area contributed by atoms with Crippen LogP contribution in [0.25, 0.3) is 0 Å². The van der Waals surface area contributed by atoms with E-state index in [1.807, 2.05) is 6.07 Å². The third-order valence-corrected chi connectivity index (χ3v) is 3.02. The maximum absolute atomic E-state index is 12.1. The predicted molar refractivity (Wildman–Crippen MR) is 92.7 cm³/mol. The second kappa shape index (κ2) is 8.33. The number of guanidine groups is 1. The van der Waals surface area contributed by atoms with Crippen LogP contribution in [0.2, 0.25) is 0 Å². The Kier molecular flexibility index (Phi) is 5.90. The first-order valence-corrected chi connectivity index (χ1v) is 7.11. The highest BCUT2D eigenvalue weighted by molar-refractivity contribution is 5.97. The van der Waals surface area contributed by atoms with E-state index in [-0.39, 0.29) is 18.3 Å². The Labute approximate surface area is 139 Å². The van der Waals surface area contributed by atoms with Crippen LogP contribution in [-0.4, -0.2) is 31.7 Å². The minimum Gasteiger partial charge on any atom is -0.493 e. The summed E-state index contributed by atoms with van der Waals surface area (Å²) in [7, 11) is 1.51. The van der Waals surface area contributed by atoms with Crippen molar-refractivity contribution in [3.8, 4) is 11.5 Å². The number of ketones is 1. The van der Waals surface area contributed by atoms with Gasteiger partial charge in [-0.2, -0.15) is 5.10 Å². The Morgan fingerprint density at radius 1 is 1.12 bits per heavy atom. The van der Waals surface area contributed by atoms with E-state index in [1.54, 1.807) is 42.5 Å². The van der Waals surface area contributed by atoms with E-state index in [9.17, 15) is 4.79 Å². The molecule has 2 aromatic carbocycles. The Morgan fingerprint density at radius 2 is 1.88 bits per heavy atom. The average Bonchev–Trinajstić information content (AvgIpc) is 2.60. The first-order valence-electron chi connectivity index (χ1n) is 7.11. The van der Waals surface area contributed by atoms with E-state index < -0.39 is 0 Å². The van der Waals surface area contributed by atoms with Crippen molar-refractivity contribution in [3.63, 3.8) is 0 Å². The molecule has 124 valence electrons. The number of Topliss-reactive ketones (excluding diaryl/α,β-unsaturated/α-hetero) is 1. The minimum atomic E-state index is -0.127. The van der Waals surface area contributed by atoms with Gasteiger partial charge in [0.1, 0.15) is 0 Å². The fourth-order valence-electron chi connectivity index (χ4n) is 1.90. The fraction of sp³-hybridized carbons (Fsp3) is 0.118. The zero-order valence-electron chi connectivity index (χ0n) is 13.2. The number of nitrogens with two attached hydrogens (primary N) is 2.